The summed E-state index contributed by atoms with van der Waals surface area (Å²) in [5.74, 6) is 0. The number of hydrogen-bond acceptors (Lipinski definition) is 3. The van der Waals surface area contributed by atoms with E-state index in [0.717, 1.165) is 12.1 Å². The molecule has 0 unspecified atom stereocenters. The average molecular weight is 214 g/mol. The van der Waals surface area contributed by atoms with Crippen LogP contribution in [0.5, 0.6) is 0 Å². The van der Waals surface area contributed by atoms with Gasteiger partial charge in [0.1, 0.15) is 4.90 Å². The third-order valence-electron chi connectivity index (χ3n) is 1.94. The third kappa shape index (κ3) is 2.10. The molecule has 1 heterocycles. The van der Waals surface area contributed by atoms with Gasteiger partial charge in [-0.3, -0.25) is 4.98 Å². The third-order valence-corrected chi connectivity index (χ3v) is 3.74. The lowest BCUT2D eigenvalue weighted by molar-refractivity contribution is 0.520. The lowest BCUT2D eigenvalue weighted by Crippen LogP contribution is -2.22. The summed E-state index contributed by atoms with van der Waals surface area (Å²) in [5, 5.41) is 0. The first kappa shape index (κ1) is 11.1. The van der Waals surface area contributed by atoms with Crippen LogP contribution in [0.25, 0.3) is 0 Å². The van der Waals surface area contributed by atoms with Crippen LogP contribution < -0.4 is 0 Å². The van der Waals surface area contributed by atoms with Gasteiger partial charge in [-0.2, -0.15) is 0 Å². The van der Waals surface area contributed by atoms with Crippen LogP contribution in [-0.2, 0) is 16.4 Å². The highest BCUT2D eigenvalue weighted by atomic mass is 32.2. The van der Waals surface area contributed by atoms with Crippen LogP contribution in [0.4, 0.5) is 0 Å². The smallest absolute Gasteiger partial charge is 0.244 e. The molecule has 0 aliphatic rings. The number of hydrogen-bond donors (Lipinski definition) is 0. The van der Waals surface area contributed by atoms with E-state index in [-0.39, 0.29) is 4.90 Å². The molecule has 78 valence electrons. The molecular weight excluding hydrogens is 200 g/mol. The summed E-state index contributed by atoms with van der Waals surface area (Å²) in [6, 6.07) is 3.32. The summed E-state index contributed by atoms with van der Waals surface area (Å²) in [6.07, 6.45) is 2.20. The normalized spacial score (nSPS) is 12.0. The average Bonchev–Trinajstić information content (AvgIpc) is 2.17. The molecule has 0 spiro atoms. The first-order valence-corrected chi connectivity index (χ1v) is 5.80. The molecule has 0 aromatic carbocycles. The second-order valence-electron chi connectivity index (χ2n) is 3.13. The maximum Gasteiger partial charge on any atom is 0.244 e. The van der Waals surface area contributed by atoms with Crippen LogP contribution in [0.15, 0.2) is 23.2 Å². The van der Waals surface area contributed by atoms with E-state index in [2.05, 4.69) is 4.98 Å². The van der Waals surface area contributed by atoms with Gasteiger partial charge in [0.05, 0.1) is 0 Å². The van der Waals surface area contributed by atoms with Gasteiger partial charge in [0.25, 0.3) is 0 Å². The number of nitrogens with zero attached hydrogens (tertiary/aromatic N) is 2. The number of sulfonamides is 1. The van der Waals surface area contributed by atoms with E-state index in [9.17, 15) is 8.42 Å². The Labute approximate surface area is 84.6 Å². The molecule has 0 aliphatic heterocycles. The zero-order valence-electron chi connectivity index (χ0n) is 8.56. The zero-order chi connectivity index (χ0) is 10.8. The van der Waals surface area contributed by atoms with Gasteiger partial charge in [-0.1, -0.05) is 6.92 Å². The minimum absolute atomic E-state index is 0.236. The van der Waals surface area contributed by atoms with E-state index in [4.69, 9.17) is 0 Å². The predicted octanol–water partition coefficient (Wildman–Crippen LogP) is 0.894. The summed E-state index contributed by atoms with van der Waals surface area (Å²) in [4.78, 5) is 4.28. The maximum absolute atomic E-state index is 11.6. The molecule has 0 N–H and O–H groups in total. The standard InChI is InChI=1S/C9H14N2O2S/c1-4-8-5-6-9(7-10-8)14(12,13)11(2)3/h5-7H,4H2,1-3H3. The molecule has 0 saturated heterocycles. The summed E-state index contributed by atoms with van der Waals surface area (Å²) < 4.78 is 24.4. The van der Waals surface area contributed by atoms with Crippen LogP contribution in [0.1, 0.15) is 12.6 Å². The highest BCUT2D eigenvalue weighted by Crippen LogP contribution is 2.11. The van der Waals surface area contributed by atoms with Gasteiger partial charge in [0.15, 0.2) is 0 Å². The summed E-state index contributed by atoms with van der Waals surface area (Å²) in [5.41, 5.74) is 0.891. The quantitative estimate of drug-likeness (QED) is 0.751. The molecule has 0 fully saturated rings. The van der Waals surface area contributed by atoms with Crippen molar-refractivity contribution in [2.24, 2.45) is 0 Å². The van der Waals surface area contributed by atoms with Crippen molar-refractivity contribution < 1.29 is 8.42 Å². The maximum atomic E-state index is 11.6. The first-order chi connectivity index (χ1) is 6.48. The van der Waals surface area contributed by atoms with Crippen LogP contribution in [0, 0.1) is 0 Å². The minimum Gasteiger partial charge on any atom is -0.260 e. The van der Waals surface area contributed by atoms with Crippen molar-refractivity contribution in [2.45, 2.75) is 18.2 Å². The minimum atomic E-state index is -3.33. The fourth-order valence-electron chi connectivity index (χ4n) is 0.983. The van der Waals surface area contributed by atoms with Gasteiger partial charge in [-0.05, 0) is 18.6 Å². The van der Waals surface area contributed by atoms with Gasteiger partial charge < -0.3 is 0 Å². The Hall–Kier alpha value is -0.940. The molecule has 5 heteroatoms. The Bertz CT molecular complexity index is 395. The van der Waals surface area contributed by atoms with Gasteiger partial charge in [-0.15, -0.1) is 0 Å². The van der Waals surface area contributed by atoms with Crippen molar-refractivity contribution in [3.8, 4) is 0 Å². The summed E-state index contributed by atoms with van der Waals surface area (Å²) in [6.45, 7) is 1.97. The van der Waals surface area contributed by atoms with E-state index in [1.165, 1.54) is 24.6 Å². The van der Waals surface area contributed by atoms with Crippen molar-refractivity contribution in [2.75, 3.05) is 14.1 Å². The Balaban J connectivity index is 3.10. The van der Waals surface area contributed by atoms with E-state index in [0.29, 0.717) is 0 Å². The Kier molecular flexibility index (Phi) is 3.23. The molecule has 4 nitrogen and oxygen atoms in total. The van der Waals surface area contributed by atoms with Gasteiger partial charge >= 0.3 is 0 Å². The van der Waals surface area contributed by atoms with Crippen LogP contribution in [0.3, 0.4) is 0 Å². The molecular formula is C9H14N2O2S. The van der Waals surface area contributed by atoms with Gasteiger partial charge in [-0.25, -0.2) is 12.7 Å². The largest absolute Gasteiger partial charge is 0.260 e. The fourth-order valence-corrected chi connectivity index (χ4v) is 1.83. The first-order valence-electron chi connectivity index (χ1n) is 4.36. The second kappa shape index (κ2) is 4.06. The Morgan fingerprint density at radius 3 is 2.36 bits per heavy atom. The molecule has 14 heavy (non-hydrogen) atoms. The SMILES string of the molecule is CCc1ccc(S(=O)(=O)N(C)C)cn1. The number of aromatic nitrogens is 1. The molecule has 0 amide bonds. The zero-order valence-corrected chi connectivity index (χ0v) is 9.37. The number of aryl methyl sites for hydroxylation is 1. The molecule has 1 aromatic rings. The molecule has 0 radical (unpaired) electrons. The van der Waals surface area contributed by atoms with Gasteiger partial charge in [0, 0.05) is 26.0 Å². The van der Waals surface area contributed by atoms with Crippen LogP contribution in [0.2, 0.25) is 0 Å². The number of rotatable bonds is 3. The molecule has 0 bridgehead atoms. The highest BCUT2D eigenvalue weighted by Gasteiger charge is 2.16. The Morgan fingerprint density at radius 2 is 2.00 bits per heavy atom. The number of pyridine rings is 1. The fraction of sp³-hybridized carbons (Fsp3) is 0.444. The molecule has 0 aliphatic carbocycles. The van der Waals surface area contributed by atoms with Crippen LogP contribution >= 0.6 is 0 Å². The molecule has 0 atom stereocenters. The summed E-state index contributed by atoms with van der Waals surface area (Å²) in [7, 11) is -0.325. The lowest BCUT2D eigenvalue weighted by atomic mass is 10.3. The molecule has 1 aromatic heterocycles. The van der Waals surface area contributed by atoms with E-state index in [1.54, 1.807) is 12.1 Å². The van der Waals surface area contributed by atoms with Crippen molar-refractivity contribution in [1.82, 2.24) is 9.29 Å². The van der Waals surface area contributed by atoms with Gasteiger partial charge in [0.2, 0.25) is 10.0 Å². The Morgan fingerprint density at radius 1 is 1.36 bits per heavy atom. The predicted molar refractivity (Wildman–Crippen MR) is 54.5 cm³/mol. The van der Waals surface area contributed by atoms with Crippen molar-refractivity contribution >= 4 is 10.0 Å². The van der Waals surface area contributed by atoms with E-state index >= 15 is 0 Å². The van der Waals surface area contributed by atoms with Crippen LogP contribution in [-0.4, -0.2) is 31.8 Å². The monoisotopic (exact) mass is 214 g/mol. The summed E-state index contributed by atoms with van der Waals surface area (Å²) >= 11 is 0. The van der Waals surface area contributed by atoms with E-state index in [1.807, 2.05) is 6.92 Å². The van der Waals surface area contributed by atoms with E-state index < -0.39 is 10.0 Å². The lowest BCUT2D eigenvalue weighted by Gasteiger charge is -2.10. The van der Waals surface area contributed by atoms with Crippen molar-refractivity contribution in [3.05, 3.63) is 24.0 Å². The molecule has 1 rings (SSSR count). The van der Waals surface area contributed by atoms with Crippen molar-refractivity contribution in [1.29, 1.82) is 0 Å². The second-order valence-corrected chi connectivity index (χ2v) is 5.28. The molecule has 0 saturated carbocycles. The highest BCUT2D eigenvalue weighted by molar-refractivity contribution is 7.89. The van der Waals surface area contributed by atoms with Crippen molar-refractivity contribution in [3.63, 3.8) is 0 Å². The topological polar surface area (TPSA) is 50.3 Å².